The van der Waals surface area contributed by atoms with Crippen molar-refractivity contribution in [3.8, 4) is 0 Å². The van der Waals surface area contributed by atoms with Gasteiger partial charge in [0.25, 0.3) is 0 Å². The molecule has 0 spiro atoms. The molecule has 3 N–H and O–H groups in total. The molecule has 0 saturated heterocycles. The van der Waals surface area contributed by atoms with Crippen LogP contribution in [0.3, 0.4) is 0 Å². The topological polar surface area (TPSA) is 59.1 Å². The molecule has 0 unspecified atom stereocenters. The van der Waals surface area contributed by atoms with Crippen molar-refractivity contribution in [3.05, 3.63) is 35.5 Å². The zero-order valence-electron chi connectivity index (χ0n) is 7.99. The van der Waals surface area contributed by atoms with Crippen molar-refractivity contribution in [2.45, 2.75) is 13.5 Å². The summed E-state index contributed by atoms with van der Waals surface area (Å²) in [6.45, 7) is 2.02. The van der Waals surface area contributed by atoms with E-state index in [-0.39, 0.29) is 6.61 Å². The molecule has 3 nitrogen and oxygen atoms in total. The van der Waals surface area contributed by atoms with E-state index in [2.05, 4.69) is 4.98 Å². The lowest BCUT2D eigenvalue weighted by Gasteiger charge is -2.06. The fourth-order valence-corrected chi connectivity index (χ4v) is 1.57. The molecule has 2 aromatic rings. The Morgan fingerprint density at radius 2 is 2.21 bits per heavy atom. The summed E-state index contributed by atoms with van der Waals surface area (Å²) in [5.41, 5.74) is 7.72. The molecule has 0 saturated carbocycles. The largest absolute Gasteiger partial charge is 0.392 e. The Labute approximate surface area is 82.2 Å². The molecular formula is C11H12N2O. The molecule has 0 fully saturated rings. The van der Waals surface area contributed by atoms with Crippen LogP contribution in [0.4, 0.5) is 5.82 Å². The first kappa shape index (κ1) is 8.97. The highest BCUT2D eigenvalue weighted by Crippen LogP contribution is 2.22. The number of fused-ring (bicyclic) bond motifs is 1. The molecule has 0 radical (unpaired) electrons. The highest BCUT2D eigenvalue weighted by atomic mass is 16.3. The zero-order chi connectivity index (χ0) is 10.1. The van der Waals surface area contributed by atoms with E-state index >= 15 is 0 Å². The molecule has 72 valence electrons. The molecule has 2 rings (SSSR count). The maximum Gasteiger partial charge on any atom is 0.131 e. The summed E-state index contributed by atoms with van der Waals surface area (Å²) in [7, 11) is 0. The monoisotopic (exact) mass is 188 g/mol. The number of aliphatic hydroxyl groups excluding tert-OH is 1. The van der Waals surface area contributed by atoms with E-state index in [9.17, 15) is 0 Å². The minimum absolute atomic E-state index is 0.0595. The third-order valence-electron chi connectivity index (χ3n) is 2.42. The number of benzene rings is 1. The van der Waals surface area contributed by atoms with Gasteiger partial charge in [-0.25, -0.2) is 4.98 Å². The molecule has 1 aromatic heterocycles. The summed E-state index contributed by atoms with van der Waals surface area (Å²) in [4.78, 5) is 4.02. The number of anilines is 1. The smallest absolute Gasteiger partial charge is 0.131 e. The van der Waals surface area contributed by atoms with Crippen LogP contribution < -0.4 is 5.73 Å². The van der Waals surface area contributed by atoms with Gasteiger partial charge in [-0.1, -0.05) is 0 Å². The van der Waals surface area contributed by atoms with Crippen LogP contribution in [0.2, 0.25) is 0 Å². The molecule has 0 aliphatic carbocycles. The van der Waals surface area contributed by atoms with E-state index in [0.717, 1.165) is 21.9 Å². The lowest BCUT2D eigenvalue weighted by molar-refractivity contribution is 0.281. The first-order valence-corrected chi connectivity index (χ1v) is 4.47. The van der Waals surface area contributed by atoms with Gasteiger partial charge < -0.3 is 10.8 Å². The SMILES string of the molecule is Cc1cc2c(N)nccc2cc1CO. The van der Waals surface area contributed by atoms with Gasteiger partial charge in [-0.15, -0.1) is 0 Å². The van der Waals surface area contributed by atoms with E-state index in [1.807, 2.05) is 25.1 Å². The van der Waals surface area contributed by atoms with Crippen LogP contribution in [0.1, 0.15) is 11.1 Å². The van der Waals surface area contributed by atoms with Gasteiger partial charge in [0.2, 0.25) is 0 Å². The molecule has 0 aliphatic rings. The van der Waals surface area contributed by atoms with Crippen molar-refractivity contribution in [3.63, 3.8) is 0 Å². The molecular weight excluding hydrogens is 176 g/mol. The predicted molar refractivity (Wildman–Crippen MR) is 56.8 cm³/mol. The van der Waals surface area contributed by atoms with Crippen LogP contribution in [0, 0.1) is 6.92 Å². The predicted octanol–water partition coefficient (Wildman–Crippen LogP) is 1.62. The Morgan fingerprint density at radius 3 is 2.93 bits per heavy atom. The zero-order valence-corrected chi connectivity index (χ0v) is 7.99. The second kappa shape index (κ2) is 3.27. The summed E-state index contributed by atoms with van der Waals surface area (Å²) < 4.78 is 0. The molecule has 3 heteroatoms. The minimum Gasteiger partial charge on any atom is -0.392 e. The first-order chi connectivity index (χ1) is 6.72. The molecule has 1 heterocycles. The van der Waals surface area contributed by atoms with Crippen LogP contribution in [0.5, 0.6) is 0 Å². The highest BCUT2D eigenvalue weighted by molar-refractivity contribution is 5.91. The second-order valence-corrected chi connectivity index (χ2v) is 3.35. The second-order valence-electron chi connectivity index (χ2n) is 3.35. The van der Waals surface area contributed by atoms with E-state index in [0.29, 0.717) is 5.82 Å². The molecule has 0 amide bonds. The van der Waals surface area contributed by atoms with Crippen molar-refractivity contribution < 1.29 is 5.11 Å². The third kappa shape index (κ3) is 1.32. The Bertz CT molecular complexity index is 480. The number of nitrogen functional groups attached to an aromatic ring is 1. The quantitative estimate of drug-likeness (QED) is 0.714. The van der Waals surface area contributed by atoms with Gasteiger partial charge in [-0.3, -0.25) is 0 Å². The summed E-state index contributed by atoms with van der Waals surface area (Å²) in [6, 6.07) is 5.80. The third-order valence-corrected chi connectivity index (χ3v) is 2.42. The number of aryl methyl sites for hydroxylation is 1. The highest BCUT2D eigenvalue weighted by Gasteiger charge is 2.03. The van der Waals surface area contributed by atoms with E-state index < -0.39 is 0 Å². The van der Waals surface area contributed by atoms with Gasteiger partial charge in [0.05, 0.1) is 6.61 Å². The average molecular weight is 188 g/mol. The first-order valence-electron chi connectivity index (χ1n) is 4.47. The van der Waals surface area contributed by atoms with E-state index in [4.69, 9.17) is 10.8 Å². The van der Waals surface area contributed by atoms with Crippen molar-refractivity contribution >= 4 is 16.6 Å². The Hall–Kier alpha value is -1.61. The van der Waals surface area contributed by atoms with Crippen molar-refractivity contribution in [1.82, 2.24) is 4.98 Å². The van der Waals surface area contributed by atoms with Crippen molar-refractivity contribution in [1.29, 1.82) is 0 Å². The number of rotatable bonds is 1. The Kier molecular flexibility index (Phi) is 2.09. The van der Waals surface area contributed by atoms with Gasteiger partial charge in [-0.05, 0) is 41.6 Å². The molecule has 1 aromatic carbocycles. The minimum atomic E-state index is 0.0595. The van der Waals surface area contributed by atoms with Gasteiger partial charge >= 0.3 is 0 Å². The average Bonchev–Trinajstić information content (AvgIpc) is 2.19. The standard InChI is InChI=1S/C11H12N2O/c1-7-4-10-8(5-9(7)6-14)2-3-13-11(10)12/h2-5,14H,6H2,1H3,(H2,12,13). The normalized spacial score (nSPS) is 10.7. The van der Waals surface area contributed by atoms with Crippen LogP contribution in [-0.4, -0.2) is 10.1 Å². The summed E-state index contributed by atoms with van der Waals surface area (Å²) >= 11 is 0. The molecule has 0 atom stereocenters. The number of hydrogen-bond donors (Lipinski definition) is 2. The summed E-state index contributed by atoms with van der Waals surface area (Å²) in [5.74, 6) is 0.537. The number of nitrogens with two attached hydrogens (primary N) is 1. The van der Waals surface area contributed by atoms with Gasteiger partial charge in [0, 0.05) is 11.6 Å². The lowest BCUT2D eigenvalue weighted by Crippen LogP contribution is -1.94. The maximum atomic E-state index is 9.10. The number of aliphatic hydroxyl groups is 1. The number of pyridine rings is 1. The fraction of sp³-hybridized carbons (Fsp3) is 0.182. The maximum absolute atomic E-state index is 9.10. The number of nitrogens with zero attached hydrogens (tertiary/aromatic N) is 1. The van der Waals surface area contributed by atoms with E-state index in [1.54, 1.807) is 6.20 Å². The molecule has 0 aliphatic heterocycles. The van der Waals surface area contributed by atoms with Crippen LogP contribution in [0.15, 0.2) is 24.4 Å². The van der Waals surface area contributed by atoms with Crippen LogP contribution in [-0.2, 0) is 6.61 Å². The van der Waals surface area contributed by atoms with E-state index in [1.165, 1.54) is 0 Å². The summed E-state index contributed by atoms with van der Waals surface area (Å²) in [5, 5.41) is 11.1. The van der Waals surface area contributed by atoms with Crippen LogP contribution in [0.25, 0.3) is 10.8 Å². The van der Waals surface area contributed by atoms with Crippen LogP contribution >= 0.6 is 0 Å². The number of hydrogen-bond acceptors (Lipinski definition) is 3. The van der Waals surface area contributed by atoms with Gasteiger partial charge in [-0.2, -0.15) is 0 Å². The summed E-state index contributed by atoms with van der Waals surface area (Å²) in [6.07, 6.45) is 1.67. The molecule has 14 heavy (non-hydrogen) atoms. The van der Waals surface area contributed by atoms with Crippen molar-refractivity contribution in [2.75, 3.05) is 5.73 Å². The lowest BCUT2D eigenvalue weighted by atomic mass is 10.0. The Morgan fingerprint density at radius 1 is 1.43 bits per heavy atom. The molecule has 0 bridgehead atoms. The van der Waals surface area contributed by atoms with Gasteiger partial charge in [0.1, 0.15) is 5.82 Å². The van der Waals surface area contributed by atoms with Gasteiger partial charge in [0.15, 0.2) is 0 Å². The number of aromatic nitrogens is 1. The van der Waals surface area contributed by atoms with Crippen molar-refractivity contribution in [2.24, 2.45) is 0 Å². The Balaban J connectivity index is 2.79. The fourth-order valence-electron chi connectivity index (χ4n) is 1.57.